The van der Waals surface area contributed by atoms with Crippen LogP contribution < -0.4 is 27.0 Å². The summed E-state index contributed by atoms with van der Waals surface area (Å²) in [6.07, 6.45) is 0. The monoisotopic (exact) mass is 295 g/mol. The fraction of sp³-hybridized carbons (Fsp3) is 0.429. The van der Waals surface area contributed by atoms with Gasteiger partial charge in [-0.15, -0.1) is 0 Å². The van der Waals surface area contributed by atoms with Gasteiger partial charge in [-0.1, -0.05) is 25.3 Å². The van der Waals surface area contributed by atoms with Crippen LogP contribution in [0, 0.1) is 0 Å². The molecule has 21 heavy (non-hydrogen) atoms. The van der Waals surface area contributed by atoms with Crippen LogP contribution in [0.15, 0.2) is 36.7 Å². The second-order valence-electron chi connectivity index (χ2n) is 4.63. The van der Waals surface area contributed by atoms with Gasteiger partial charge in [0.2, 0.25) is 11.8 Å². The molecule has 0 fully saturated rings. The fourth-order valence-electron chi connectivity index (χ4n) is 1.12. The van der Waals surface area contributed by atoms with E-state index in [2.05, 4.69) is 41.0 Å². The van der Waals surface area contributed by atoms with Crippen LogP contribution in [0.2, 0.25) is 0 Å². The van der Waals surface area contributed by atoms with Gasteiger partial charge < -0.3 is 27.0 Å². The molecule has 6 N–H and O–H groups in total. The summed E-state index contributed by atoms with van der Waals surface area (Å²) in [5.74, 6) is -0.370. The van der Waals surface area contributed by atoms with E-state index in [0.717, 1.165) is 5.57 Å². The number of hydrogen-bond donors (Lipinski definition) is 5. The van der Waals surface area contributed by atoms with Gasteiger partial charge in [-0.3, -0.25) is 9.59 Å². The van der Waals surface area contributed by atoms with Gasteiger partial charge in [0.25, 0.3) is 0 Å². The van der Waals surface area contributed by atoms with Crippen LogP contribution in [0.4, 0.5) is 0 Å². The SMILES string of the molecule is C=C(C)CNC(=O)CNC(=C)CNC(=O)CNC(=C)CN. The maximum Gasteiger partial charge on any atom is 0.239 e. The van der Waals surface area contributed by atoms with Crippen LogP contribution in [-0.4, -0.2) is 44.5 Å². The number of nitrogens with two attached hydrogens (primary N) is 1. The van der Waals surface area contributed by atoms with Gasteiger partial charge in [0.1, 0.15) is 0 Å². The minimum Gasteiger partial charge on any atom is -0.379 e. The van der Waals surface area contributed by atoms with Crippen LogP contribution in [0.3, 0.4) is 0 Å². The summed E-state index contributed by atoms with van der Waals surface area (Å²) in [5.41, 5.74) is 7.35. The molecule has 2 amide bonds. The van der Waals surface area contributed by atoms with E-state index >= 15 is 0 Å². The van der Waals surface area contributed by atoms with Gasteiger partial charge in [-0.05, 0) is 6.92 Å². The molecular formula is C14H25N5O2. The number of carbonyl (C=O) groups is 2. The van der Waals surface area contributed by atoms with Crippen molar-refractivity contribution in [2.24, 2.45) is 5.73 Å². The Morgan fingerprint density at radius 3 is 1.76 bits per heavy atom. The molecule has 0 aromatic heterocycles. The third-order valence-electron chi connectivity index (χ3n) is 2.33. The molecule has 0 aliphatic heterocycles. The van der Waals surface area contributed by atoms with E-state index in [1.54, 1.807) is 0 Å². The highest BCUT2D eigenvalue weighted by Crippen LogP contribution is 1.84. The Morgan fingerprint density at radius 2 is 1.29 bits per heavy atom. The molecule has 0 aromatic carbocycles. The normalized spacial score (nSPS) is 9.43. The lowest BCUT2D eigenvalue weighted by atomic mass is 10.3. The highest BCUT2D eigenvalue weighted by Gasteiger charge is 2.04. The lowest BCUT2D eigenvalue weighted by Gasteiger charge is -2.12. The molecule has 7 nitrogen and oxygen atoms in total. The average molecular weight is 295 g/mol. The Morgan fingerprint density at radius 1 is 0.810 bits per heavy atom. The van der Waals surface area contributed by atoms with Crippen molar-refractivity contribution in [2.45, 2.75) is 6.92 Å². The summed E-state index contributed by atoms with van der Waals surface area (Å²) < 4.78 is 0. The van der Waals surface area contributed by atoms with Crippen LogP contribution >= 0.6 is 0 Å². The largest absolute Gasteiger partial charge is 0.379 e. The Labute approximate surface area is 125 Å². The van der Waals surface area contributed by atoms with Crippen molar-refractivity contribution in [1.29, 1.82) is 0 Å². The maximum absolute atomic E-state index is 11.5. The van der Waals surface area contributed by atoms with E-state index in [0.29, 0.717) is 17.9 Å². The van der Waals surface area contributed by atoms with E-state index in [4.69, 9.17) is 5.73 Å². The molecule has 0 radical (unpaired) electrons. The van der Waals surface area contributed by atoms with Crippen LogP contribution in [-0.2, 0) is 9.59 Å². The van der Waals surface area contributed by atoms with Gasteiger partial charge in [-0.25, -0.2) is 0 Å². The summed E-state index contributed by atoms with van der Waals surface area (Å²) in [6.45, 7) is 14.0. The Kier molecular flexibility index (Phi) is 9.36. The Hall–Kier alpha value is -2.28. The zero-order valence-corrected chi connectivity index (χ0v) is 12.6. The zero-order valence-electron chi connectivity index (χ0n) is 12.6. The van der Waals surface area contributed by atoms with E-state index in [9.17, 15) is 9.59 Å². The molecule has 0 aromatic rings. The summed E-state index contributed by atoms with van der Waals surface area (Å²) in [4.78, 5) is 22.9. The molecule has 0 heterocycles. The number of nitrogens with one attached hydrogen (secondary N) is 4. The predicted octanol–water partition coefficient (Wildman–Crippen LogP) is -1.04. The van der Waals surface area contributed by atoms with Crippen molar-refractivity contribution in [3.05, 3.63) is 36.7 Å². The highest BCUT2D eigenvalue weighted by molar-refractivity contribution is 5.79. The summed E-state index contributed by atoms with van der Waals surface area (Å²) >= 11 is 0. The summed E-state index contributed by atoms with van der Waals surface area (Å²) in [6, 6.07) is 0. The van der Waals surface area contributed by atoms with Crippen molar-refractivity contribution in [1.82, 2.24) is 21.3 Å². The predicted molar refractivity (Wildman–Crippen MR) is 84.2 cm³/mol. The van der Waals surface area contributed by atoms with E-state index in [1.807, 2.05) is 6.92 Å². The lowest BCUT2D eigenvalue weighted by Crippen LogP contribution is -2.39. The summed E-state index contributed by atoms with van der Waals surface area (Å²) in [5, 5.41) is 10.9. The van der Waals surface area contributed by atoms with Crippen LogP contribution in [0.5, 0.6) is 0 Å². The highest BCUT2D eigenvalue weighted by atomic mass is 16.2. The third kappa shape index (κ3) is 11.3. The van der Waals surface area contributed by atoms with Crippen LogP contribution in [0.1, 0.15) is 6.92 Å². The number of amides is 2. The second kappa shape index (κ2) is 10.5. The lowest BCUT2D eigenvalue weighted by molar-refractivity contribution is -0.120. The average Bonchev–Trinajstić information content (AvgIpc) is 2.45. The van der Waals surface area contributed by atoms with Crippen LogP contribution in [0.25, 0.3) is 0 Å². The Bertz CT molecular complexity index is 418. The smallest absolute Gasteiger partial charge is 0.239 e. The number of carbonyl (C=O) groups excluding carboxylic acids is 2. The zero-order chi connectivity index (χ0) is 16.3. The molecule has 7 heteroatoms. The van der Waals surface area contributed by atoms with Gasteiger partial charge >= 0.3 is 0 Å². The van der Waals surface area contributed by atoms with Gasteiger partial charge in [0, 0.05) is 24.5 Å². The molecule has 0 saturated heterocycles. The quantitative estimate of drug-likeness (QED) is 0.313. The van der Waals surface area contributed by atoms with Crippen molar-refractivity contribution >= 4 is 11.8 Å². The maximum atomic E-state index is 11.5. The van der Waals surface area contributed by atoms with Gasteiger partial charge in [-0.2, -0.15) is 0 Å². The standard InChI is InChI=1S/C14H25N5O2/c1-10(2)6-18-13(20)9-17-12(4)7-19-14(21)8-16-11(3)5-15/h16-17H,1,3-9,15H2,2H3,(H,18,20)(H,19,21). The Balaban J connectivity index is 3.75. The first-order valence-electron chi connectivity index (χ1n) is 6.56. The number of rotatable bonds is 11. The number of hydrogen-bond acceptors (Lipinski definition) is 5. The molecule has 0 spiro atoms. The van der Waals surface area contributed by atoms with Crippen molar-refractivity contribution in [3.63, 3.8) is 0 Å². The second-order valence-corrected chi connectivity index (χ2v) is 4.63. The van der Waals surface area contributed by atoms with E-state index in [1.165, 1.54) is 0 Å². The topological polar surface area (TPSA) is 108 Å². The van der Waals surface area contributed by atoms with Crippen molar-refractivity contribution in [2.75, 3.05) is 32.7 Å². The fourth-order valence-corrected chi connectivity index (χ4v) is 1.12. The minimum atomic E-state index is -0.209. The molecule has 0 rings (SSSR count). The van der Waals surface area contributed by atoms with Gasteiger partial charge in [0.05, 0.1) is 19.6 Å². The molecule has 0 unspecified atom stereocenters. The van der Waals surface area contributed by atoms with Crippen molar-refractivity contribution < 1.29 is 9.59 Å². The first-order valence-corrected chi connectivity index (χ1v) is 6.56. The molecular weight excluding hydrogens is 270 g/mol. The van der Waals surface area contributed by atoms with E-state index in [-0.39, 0.29) is 38.0 Å². The molecule has 0 aliphatic rings. The minimum absolute atomic E-state index is 0.0996. The van der Waals surface area contributed by atoms with Crippen molar-refractivity contribution in [3.8, 4) is 0 Å². The first kappa shape index (κ1) is 18.7. The molecule has 0 aliphatic carbocycles. The molecule has 0 saturated carbocycles. The van der Waals surface area contributed by atoms with E-state index < -0.39 is 0 Å². The molecule has 118 valence electrons. The summed E-state index contributed by atoms with van der Waals surface area (Å²) in [7, 11) is 0. The molecule has 0 bridgehead atoms. The molecule has 0 atom stereocenters. The van der Waals surface area contributed by atoms with Gasteiger partial charge in [0.15, 0.2) is 0 Å². The first-order chi connectivity index (χ1) is 9.85. The third-order valence-corrected chi connectivity index (χ3v) is 2.33.